The number of aliphatic hydroxyl groups is 1. The van der Waals surface area contributed by atoms with Gasteiger partial charge >= 0.3 is 5.85 Å². The van der Waals surface area contributed by atoms with Crippen molar-refractivity contribution >= 4 is 0 Å². The van der Waals surface area contributed by atoms with Crippen LogP contribution in [-0.4, -0.2) is 11.9 Å². The van der Waals surface area contributed by atoms with Crippen LogP contribution >= 0.6 is 0 Å². The molecule has 0 amide bonds. The van der Waals surface area contributed by atoms with Crippen LogP contribution in [0.4, 0.5) is 8.78 Å². The molecule has 4 nitrogen and oxygen atoms in total. The molecule has 0 saturated heterocycles. The Labute approximate surface area is 83.3 Å². The highest BCUT2D eigenvalue weighted by Crippen LogP contribution is 2.39. The first-order chi connectivity index (χ1) is 7.06. The summed E-state index contributed by atoms with van der Waals surface area (Å²) < 4.78 is 36.2. The van der Waals surface area contributed by atoms with Gasteiger partial charge in [0.1, 0.15) is 6.07 Å². The van der Waals surface area contributed by atoms with Gasteiger partial charge in [0, 0.05) is 0 Å². The van der Waals surface area contributed by atoms with Gasteiger partial charge in [-0.3, -0.25) is 0 Å². The third-order valence-electron chi connectivity index (χ3n) is 1.98. The highest BCUT2D eigenvalue weighted by molar-refractivity contribution is 5.48. The molecule has 0 bridgehead atoms. The minimum Gasteiger partial charge on any atom is -0.453 e. The summed E-state index contributed by atoms with van der Waals surface area (Å²) in [5.41, 5.74) is -0.783. The lowest BCUT2D eigenvalue weighted by Gasteiger charge is -2.11. The van der Waals surface area contributed by atoms with E-state index in [1.165, 1.54) is 6.07 Å². The van der Waals surface area contributed by atoms with Gasteiger partial charge in [-0.15, -0.1) is 0 Å². The lowest BCUT2D eigenvalue weighted by molar-refractivity contribution is -0.0418. The fourth-order valence-electron chi connectivity index (χ4n) is 1.25. The molecule has 1 aliphatic rings. The molecule has 15 heavy (non-hydrogen) atoms. The summed E-state index contributed by atoms with van der Waals surface area (Å²) in [6, 6.07) is 3.10. The molecule has 0 fully saturated rings. The number of alkyl halides is 1. The van der Waals surface area contributed by atoms with Crippen LogP contribution in [0.5, 0.6) is 11.5 Å². The van der Waals surface area contributed by atoms with Crippen LogP contribution in [0, 0.1) is 17.1 Å². The summed E-state index contributed by atoms with van der Waals surface area (Å²) in [5, 5.41) is 17.2. The van der Waals surface area contributed by atoms with Gasteiger partial charge in [0.05, 0.1) is 5.56 Å². The maximum atomic E-state index is 13.5. The van der Waals surface area contributed by atoms with Crippen LogP contribution < -0.4 is 9.47 Å². The van der Waals surface area contributed by atoms with E-state index in [0.29, 0.717) is 0 Å². The van der Waals surface area contributed by atoms with Crippen molar-refractivity contribution in [3.63, 3.8) is 0 Å². The molecule has 2 rings (SSSR count). The highest BCUT2D eigenvalue weighted by Gasteiger charge is 2.35. The molecule has 0 spiro atoms. The minimum atomic E-state index is -3.37. The molecule has 1 unspecified atom stereocenters. The SMILES string of the molecule is N#CC(O)(F)c1ccc2c(c1F)OCO2. The quantitative estimate of drug-likeness (QED) is 0.712. The van der Waals surface area contributed by atoms with Crippen molar-refractivity contribution in [1.29, 1.82) is 5.26 Å². The van der Waals surface area contributed by atoms with E-state index < -0.39 is 17.2 Å². The second kappa shape index (κ2) is 3.07. The summed E-state index contributed by atoms with van der Waals surface area (Å²) >= 11 is 0. The zero-order chi connectivity index (χ0) is 11.1. The van der Waals surface area contributed by atoms with E-state index in [-0.39, 0.29) is 18.3 Å². The average Bonchev–Trinajstić information content (AvgIpc) is 2.66. The molecule has 6 heteroatoms. The van der Waals surface area contributed by atoms with Crippen LogP contribution in [0.1, 0.15) is 5.56 Å². The normalized spacial score (nSPS) is 16.9. The second-order valence-corrected chi connectivity index (χ2v) is 2.89. The molecular formula is C9H5F2NO3. The van der Waals surface area contributed by atoms with Gasteiger partial charge in [-0.2, -0.15) is 9.65 Å². The predicted molar refractivity (Wildman–Crippen MR) is 43.1 cm³/mol. The maximum Gasteiger partial charge on any atom is 0.323 e. The number of nitrogens with zero attached hydrogens (tertiary/aromatic N) is 1. The Balaban J connectivity index is 2.58. The number of ether oxygens (including phenoxy) is 2. The number of fused-ring (bicyclic) bond motifs is 1. The summed E-state index contributed by atoms with van der Waals surface area (Å²) in [6.07, 6.45) is 0. The maximum absolute atomic E-state index is 13.5. The van der Waals surface area contributed by atoms with Crippen molar-refractivity contribution in [2.24, 2.45) is 0 Å². The van der Waals surface area contributed by atoms with Crippen molar-refractivity contribution in [3.8, 4) is 17.6 Å². The van der Waals surface area contributed by atoms with E-state index in [2.05, 4.69) is 0 Å². The standard InChI is InChI=1S/C9H5F2NO3/c10-7-5(9(11,13)3-12)1-2-6-8(7)15-4-14-6/h1-2,13H,4H2. The first kappa shape index (κ1) is 9.68. The first-order valence-electron chi connectivity index (χ1n) is 3.97. The van der Waals surface area contributed by atoms with Gasteiger partial charge in [0.15, 0.2) is 11.6 Å². The number of rotatable bonds is 1. The van der Waals surface area contributed by atoms with Gasteiger partial charge in [0.25, 0.3) is 0 Å². The van der Waals surface area contributed by atoms with E-state index in [0.717, 1.165) is 12.1 Å². The first-order valence-corrected chi connectivity index (χ1v) is 3.97. The molecular weight excluding hydrogens is 208 g/mol. The highest BCUT2D eigenvalue weighted by atomic mass is 19.2. The van der Waals surface area contributed by atoms with Gasteiger partial charge in [0.2, 0.25) is 12.5 Å². The van der Waals surface area contributed by atoms with Crippen molar-refractivity contribution < 1.29 is 23.4 Å². The largest absolute Gasteiger partial charge is 0.453 e. The molecule has 1 atom stereocenters. The van der Waals surface area contributed by atoms with E-state index in [1.54, 1.807) is 0 Å². The average molecular weight is 213 g/mol. The summed E-state index contributed by atoms with van der Waals surface area (Å²) in [7, 11) is 0. The molecule has 0 aromatic heterocycles. The van der Waals surface area contributed by atoms with Crippen molar-refractivity contribution in [2.45, 2.75) is 5.85 Å². The van der Waals surface area contributed by atoms with E-state index in [9.17, 15) is 8.78 Å². The molecule has 78 valence electrons. The van der Waals surface area contributed by atoms with Crippen LogP contribution in [0.2, 0.25) is 0 Å². The van der Waals surface area contributed by atoms with Gasteiger partial charge in [-0.05, 0) is 12.1 Å². The molecule has 1 aromatic rings. The summed E-state index contributed by atoms with van der Waals surface area (Å²) in [4.78, 5) is 0. The van der Waals surface area contributed by atoms with Crippen molar-refractivity contribution in [3.05, 3.63) is 23.5 Å². The number of nitriles is 1. The number of benzene rings is 1. The Morgan fingerprint density at radius 2 is 2.20 bits per heavy atom. The van der Waals surface area contributed by atoms with Crippen molar-refractivity contribution in [2.75, 3.05) is 6.79 Å². The monoisotopic (exact) mass is 213 g/mol. The minimum absolute atomic E-state index is 0.116. The van der Waals surface area contributed by atoms with Gasteiger partial charge < -0.3 is 14.6 Å². The Hall–Kier alpha value is -1.87. The molecule has 0 saturated carbocycles. The van der Waals surface area contributed by atoms with E-state index >= 15 is 0 Å². The van der Waals surface area contributed by atoms with Crippen LogP contribution in [0.3, 0.4) is 0 Å². The second-order valence-electron chi connectivity index (χ2n) is 2.89. The summed E-state index contributed by atoms with van der Waals surface area (Å²) in [5.74, 6) is -4.68. The molecule has 1 aromatic carbocycles. The zero-order valence-electron chi connectivity index (χ0n) is 7.33. The fraction of sp³-hybridized carbons (Fsp3) is 0.222. The van der Waals surface area contributed by atoms with Crippen molar-refractivity contribution in [1.82, 2.24) is 0 Å². The van der Waals surface area contributed by atoms with E-state index in [4.69, 9.17) is 19.8 Å². The Bertz CT molecular complexity index is 453. The lowest BCUT2D eigenvalue weighted by atomic mass is 10.1. The number of hydrogen-bond acceptors (Lipinski definition) is 4. The predicted octanol–water partition coefficient (Wildman–Crippen LogP) is 1.19. The van der Waals surface area contributed by atoms with Crippen LogP contribution in [-0.2, 0) is 5.85 Å². The lowest BCUT2D eigenvalue weighted by Crippen LogP contribution is -2.18. The summed E-state index contributed by atoms with van der Waals surface area (Å²) in [6.45, 7) is -0.174. The molecule has 1 heterocycles. The fourth-order valence-corrected chi connectivity index (χ4v) is 1.25. The number of hydrogen-bond donors (Lipinski definition) is 1. The molecule has 1 N–H and O–H groups in total. The third kappa shape index (κ3) is 1.37. The number of halogens is 2. The Morgan fingerprint density at radius 3 is 2.87 bits per heavy atom. The molecule has 1 aliphatic heterocycles. The van der Waals surface area contributed by atoms with Crippen LogP contribution in [0.15, 0.2) is 12.1 Å². The molecule has 0 radical (unpaired) electrons. The Kier molecular flexibility index (Phi) is 1.98. The molecule has 0 aliphatic carbocycles. The van der Waals surface area contributed by atoms with E-state index in [1.807, 2.05) is 0 Å². The zero-order valence-corrected chi connectivity index (χ0v) is 7.33. The smallest absolute Gasteiger partial charge is 0.323 e. The Morgan fingerprint density at radius 1 is 1.47 bits per heavy atom. The third-order valence-corrected chi connectivity index (χ3v) is 1.98. The van der Waals surface area contributed by atoms with Crippen LogP contribution in [0.25, 0.3) is 0 Å². The topological polar surface area (TPSA) is 62.5 Å². The van der Waals surface area contributed by atoms with Gasteiger partial charge in [-0.25, -0.2) is 4.39 Å². The van der Waals surface area contributed by atoms with Gasteiger partial charge in [-0.1, -0.05) is 0 Å².